The van der Waals surface area contributed by atoms with Crippen LogP contribution in [-0.4, -0.2) is 67.7 Å². The molecule has 1 atom stereocenters. The summed E-state index contributed by atoms with van der Waals surface area (Å²) >= 11 is 0. The predicted molar refractivity (Wildman–Crippen MR) is 109 cm³/mol. The number of hydrogen-bond acceptors (Lipinski definition) is 10. The lowest BCUT2D eigenvalue weighted by molar-refractivity contribution is -0.147. The third-order valence-electron chi connectivity index (χ3n) is 4.87. The van der Waals surface area contributed by atoms with Gasteiger partial charge in [-0.2, -0.15) is 10.1 Å². The normalized spacial score (nSPS) is 19.4. The number of hydrazone groups is 1. The second-order valence-electron chi connectivity index (χ2n) is 7.42. The number of alkyl halides is 1. The van der Waals surface area contributed by atoms with E-state index in [1.165, 1.54) is 17.4 Å². The highest BCUT2D eigenvalue weighted by Gasteiger charge is 2.40. The molecule has 1 N–H and O–H groups in total. The number of aromatic nitrogens is 4. The number of benzene rings is 1. The Morgan fingerprint density at radius 3 is 2.66 bits per heavy atom. The average molecular weight is 438 g/mol. The molecule has 3 aromatic rings. The van der Waals surface area contributed by atoms with Crippen molar-refractivity contribution in [2.75, 3.05) is 19.8 Å². The molecule has 32 heavy (non-hydrogen) atoms. The Balaban J connectivity index is 1.26. The van der Waals surface area contributed by atoms with Crippen molar-refractivity contribution in [1.82, 2.24) is 25.1 Å². The highest BCUT2D eigenvalue weighted by Crippen LogP contribution is 2.23. The zero-order chi connectivity index (χ0) is 22.0. The van der Waals surface area contributed by atoms with Crippen LogP contribution in [0.2, 0.25) is 0 Å². The maximum Gasteiger partial charge on any atom is 0.316 e. The molecule has 0 amide bonds. The summed E-state index contributed by atoms with van der Waals surface area (Å²) in [5.74, 6) is 0.765. The van der Waals surface area contributed by atoms with Crippen LogP contribution in [0.15, 0.2) is 64.5 Å². The summed E-state index contributed by atoms with van der Waals surface area (Å²) < 4.78 is 29.4. The van der Waals surface area contributed by atoms with E-state index in [0.29, 0.717) is 23.0 Å². The minimum absolute atomic E-state index is 0.0116. The van der Waals surface area contributed by atoms with Crippen LogP contribution in [-0.2, 0) is 11.3 Å². The van der Waals surface area contributed by atoms with Crippen LogP contribution in [0.3, 0.4) is 0 Å². The highest BCUT2D eigenvalue weighted by atomic mass is 19.1. The minimum atomic E-state index is -1.48. The van der Waals surface area contributed by atoms with Gasteiger partial charge in [-0.25, -0.2) is 14.4 Å². The van der Waals surface area contributed by atoms with Gasteiger partial charge in [0, 0.05) is 23.5 Å². The summed E-state index contributed by atoms with van der Waals surface area (Å²) in [5, 5.41) is 20.1. The van der Waals surface area contributed by atoms with E-state index in [4.69, 9.17) is 14.0 Å². The lowest BCUT2D eigenvalue weighted by Gasteiger charge is -2.32. The summed E-state index contributed by atoms with van der Waals surface area (Å²) in [6, 6.07) is 9.50. The van der Waals surface area contributed by atoms with Gasteiger partial charge in [0.15, 0.2) is 11.9 Å². The first-order chi connectivity index (χ1) is 15.6. The second kappa shape index (κ2) is 8.44. The van der Waals surface area contributed by atoms with E-state index < -0.39 is 11.9 Å². The van der Waals surface area contributed by atoms with Crippen LogP contribution < -0.4 is 4.74 Å². The van der Waals surface area contributed by atoms with Crippen molar-refractivity contribution in [2.45, 2.75) is 18.4 Å². The van der Waals surface area contributed by atoms with Crippen molar-refractivity contribution in [2.24, 2.45) is 5.10 Å². The van der Waals surface area contributed by atoms with Gasteiger partial charge in [-0.3, -0.25) is 5.01 Å². The van der Waals surface area contributed by atoms with Crippen LogP contribution >= 0.6 is 0 Å². The number of rotatable bonds is 7. The first-order valence-corrected chi connectivity index (χ1v) is 9.89. The fourth-order valence-electron chi connectivity index (χ4n) is 3.08. The molecule has 2 aliphatic rings. The summed E-state index contributed by atoms with van der Waals surface area (Å²) in [5.41, 5.74) is 0.472. The van der Waals surface area contributed by atoms with Crippen LogP contribution in [0.4, 0.5) is 4.39 Å². The van der Waals surface area contributed by atoms with Gasteiger partial charge in [0.1, 0.15) is 13.2 Å². The lowest BCUT2D eigenvalue weighted by Crippen LogP contribution is -2.50. The maximum absolute atomic E-state index is 13.9. The molecule has 0 spiro atoms. The number of aliphatic hydroxyl groups excluding tert-OH is 1. The van der Waals surface area contributed by atoms with Crippen molar-refractivity contribution < 1.29 is 23.5 Å². The van der Waals surface area contributed by atoms with Crippen molar-refractivity contribution in [3.8, 4) is 17.4 Å². The SMILES string of the molecule is OC1C=CC(c2cnc(OCC3(F)COC3)nc2)=NN1Cc1nc(-c2ccccc2)no1. The van der Waals surface area contributed by atoms with Gasteiger partial charge >= 0.3 is 6.01 Å². The fourth-order valence-corrected chi connectivity index (χ4v) is 3.08. The maximum atomic E-state index is 13.9. The number of allylic oxidation sites excluding steroid dienone is 1. The number of nitrogens with zero attached hydrogens (tertiary/aromatic N) is 6. The molecule has 2 aliphatic heterocycles. The molecule has 1 fully saturated rings. The molecule has 4 heterocycles. The molecule has 0 aliphatic carbocycles. The van der Waals surface area contributed by atoms with Crippen LogP contribution in [0, 0.1) is 0 Å². The van der Waals surface area contributed by atoms with E-state index in [-0.39, 0.29) is 32.4 Å². The molecule has 1 saturated heterocycles. The van der Waals surface area contributed by atoms with Crippen LogP contribution in [0.5, 0.6) is 6.01 Å². The Labute approximate surface area is 182 Å². The van der Waals surface area contributed by atoms with E-state index >= 15 is 0 Å². The molecular weight excluding hydrogens is 419 g/mol. The molecule has 1 unspecified atom stereocenters. The number of ether oxygens (including phenoxy) is 2. The standard InChI is InChI=1S/C21H19FN6O4/c22-21(11-30-12-21)13-31-20-23-8-15(9-24-20)16-6-7-18(29)28(26-16)10-17-25-19(27-32-17)14-4-2-1-3-5-14/h1-9,18,29H,10-13H2. The van der Waals surface area contributed by atoms with Crippen LogP contribution in [0.1, 0.15) is 11.5 Å². The average Bonchev–Trinajstić information content (AvgIpc) is 3.27. The molecule has 0 saturated carbocycles. The largest absolute Gasteiger partial charge is 0.460 e. The summed E-state index contributed by atoms with van der Waals surface area (Å²) in [6.45, 7) is -0.0324. The first kappa shape index (κ1) is 20.2. The molecule has 11 heteroatoms. The summed E-state index contributed by atoms with van der Waals surface area (Å²) in [7, 11) is 0. The van der Waals surface area contributed by atoms with E-state index in [0.717, 1.165) is 5.56 Å². The Bertz CT molecular complexity index is 1130. The van der Waals surface area contributed by atoms with Gasteiger partial charge in [-0.1, -0.05) is 35.5 Å². The molecule has 0 radical (unpaired) electrons. The van der Waals surface area contributed by atoms with Crippen molar-refractivity contribution in [3.05, 3.63) is 66.3 Å². The van der Waals surface area contributed by atoms with Gasteiger partial charge in [0.05, 0.1) is 18.9 Å². The van der Waals surface area contributed by atoms with Gasteiger partial charge in [-0.05, 0) is 12.2 Å². The van der Waals surface area contributed by atoms with E-state index in [9.17, 15) is 9.50 Å². The number of aliphatic hydroxyl groups is 1. The fraction of sp³-hybridized carbons (Fsp3) is 0.286. The third kappa shape index (κ3) is 4.34. The van der Waals surface area contributed by atoms with Gasteiger partial charge < -0.3 is 19.1 Å². The predicted octanol–water partition coefficient (Wildman–Crippen LogP) is 1.74. The van der Waals surface area contributed by atoms with Crippen LogP contribution in [0.25, 0.3) is 11.4 Å². The van der Waals surface area contributed by atoms with Crippen molar-refractivity contribution in [3.63, 3.8) is 0 Å². The van der Waals surface area contributed by atoms with Crippen molar-refractivity contribution in [1.29, 1.82) is 0 Å². The quantitative estimate of drug-likeness (QED) is 0.588. The summed E-state index contributed by atoms with van der Waals surface area (Å²) in [6.07, 6.45) is 5.31. The Hall–Kier alpha value is -3.70. The molecule has 10 nitrogen and oxygen atoms in total. The second-order valence-corrected chi connectivity index (χ2v) is 7.42. The Morgan fingerprint density at radius 1 is 1.16 bits per heavy atom. The van der Waals surface area contributed by atoms with Gasteiger partial charge in [-0.15, -0.1) is 0 Å². The zero-order valence-electron chi connectivity index (χ0n) is 16.8. The molecule has 1 aromatic carbocycles. The lowest BCUT2D eigenvalue weighted by atomic mass is 10.1. The monoisotopic (exact) mass is 438 g/mol. The Morgan fingerprint density at radius 2 is 1.94 bits per heavy atom. The van der Waals surface area contributed by atoms with Gasteiger partial charge in [0.25, 0.3) is 0 Å². The topological polar surface area (TPSA) is 119 Å². The zero-order valence-corrected chi connectivity index (χ0v) is 16.8. The Kier molecular flexibility index (Phi) is 5.33. The van der Waals surface area contributed by atoms with Gasteiger partial charge in [0.2, 0.25) is 11.7 Å². The van der Waals surface area contributed by atoms with E-state index in [1.807, 2.05) is 30.3 Å². The molecule has 164 valence electrons. The molecule has 2 aromatic heterocycles. The number of hydrogen-bond donors (Lipinski definition) is 1. The number of halogens is 1. The minimum Gasteiger partial charge on any atom is -0.460 e. The highest BCUT2D eigenvalue weighted by molar-refractivity contribution is 6.08. The third-order valence-corrected chi connectivity index (χ3v) is 4.87. The molecule has 5 rings (SSSR count). The van der Waals surface area contributed by atoms with E-state index in [1.54, 1.807) is 12.2 Å². The van der Waals surface area contributed by atoms with E-state index in [2.05, 4.69) is 25.2 Å². The van der Waals surface area contributed by atoms with Crippen molar-refractivity contribution >= 4 is 5.71 Å². The molecule has 0 bridgehead atoms. The molecular formula is C21H19FN6O4. The smallest absolute Gasteiger partial charge is 0.316 e. The first-order valence-electron chi connectivity index (χ1n) is 9.89. The summed E-state index contributed by atoms with van der Waals surface area (Å²) in [4.78, 5) is 12.6.